The lowest BCUT2D eigenvalue weighted by Crippen LogP contribution is -2.50. The Kier molecular flexibility index (Phi) is 7.85. The Morgan fingerprint density at radius 3 is 2.07 bits per heavy atom. The van der Waals surface area contributed by atoms with Gasteiger partial charge in [0.05, 0.1) is 0 Å². The second kappa shape index (κ2) is 10.8. The Hall–Kier alpha value is -2.62. The van der Waals surface area contributed by atoms with Crippen LogP contribution in [0.25, 0.3) is 0 Å². The van der Waals surface area contributed by atoms with Crippen molar-refractivity contribution in [1.29, 1.82) is 0 Å². The molecule has 0 saturated heterocycles. The highest BCUT2D eigenvalue weighted by Gasteiger charge is 2.27. The molecule has 1 fully saturated rings. The van der Waals surface area contributed by atoms with Crippen LogP contribution >= 0.6 is 0 Å². The first-order valence-corrected chi connectivity index (χ1v) is 10.8. The third-order valence-corrected chi connectivity index (χ3v) is 5.82. The highest BCUT2D eigenvalue weighted by atomic mass is 16.2. The molecule has 4 nitrogen and oxygen atoms in total. The van der Waals surface area contributed by atoms with E-state index in [1.807, 2.05) is 55.5 Å². The SMILES string of the molecule is C[C@H](C(=O)NC1CCCC1)N(CCc1ccccc1)C(=O)CCc1ccccc1. The number of nitrogens with one attached hydrogen (secondary N) is 1. The number of nitrogens with zero attached hydrogens (tertiary/aromatic N) is 1. The minimum absolute atomic E-state index is 0.0296. The molecule has 3 rings (SSSR count). The van der Waals surface area contributed by atoms with Crippen molar-refractivity contribution in [2.75, 3.05) is 6.54 Å². The molecule has 154 valence electrons. The van der Waals surface area contributed by atoms with Gasteiger partial charge in [-0.3, -0.25) is 9.59 Å². The predicted molar refractivity (Wildman–Crippen MR) is 116 cm³/mol. The van der Waals surface area contributed by atoms with Crippen LogP contribution in [-0.4, -0.2) is 35.3 Å². The maximum atomic E-state index is 13.1. The van der Waals surface area contributed by atoms with Crippen molar-refractivity contribution in [3.05, 3.63) is 71.8 Å². The van der Waals surface area contributed by atoms with E-state index in [2.05, 4.69) is 17.4 Å². The summed E-state index contributed by atoms with van der Waals surface area (Å²) in [7, 11) is 0. The zero-order valence-electron chi connectivity index (χ0n) is 17.3. The summed E-state index contributed by atoms with van der Waals surface area (Å²) in [5.41, 5.74) is 2.32. The van der Waals surface area contributed by atoms with E-state index in [9.17, 15) is 9.59 Å². The Morgan fingerprint density at radius 2 is 1.48 bits per heavy atom. The lowest BCUT2D eigenvalue weighted by molar-refractivity contribution is -0.140. The summed E-state index contributed by atoms with van der Waals surface area (Å²) in [6.07, 6.45) is 6.30. The summed E-state index contributed by atoms with van der Waals surface area (Å²) in [6, 6.07) is 20.0. The van der Waals surface area contributed by atoms with Crippen LogP contribution in [0.5, 0.6) is 0 Å². The number of hydrogen-bond donors (Lipinski definition) is 1. The van der Waals surface area contributed by atoms with Gasteiger partial charge >= 0.3 is 0 Å². The molecule has 0 aliphatic heterocycles. The Balaban J connectivity index is 1.63. The van der Waals surface area contributed by atoms with Gasteiger partial charge in [-0.05, 0) is 43.7 Å². The predicted octanol–water partition coefficient (Wildman–Crippen LogP) is 4.14. The molecule has 1 aliphatic rings. The van der Waals surface area contributed by atoms with E-state index < -0.39 is 6.04 Å². The van der Waals surface area contributed by atoms with Crippen LogP contribution < -0.4 is 5.32 Å². The molecule has 1 aliphatic carbocycles. The second-order valence-electron chi connectivity index (χ2n) is 7.97. The van der Waals surface area contributed by atoms with Gasteiger partial charge in [0.15, 0.2) is 0 Å². The first-order valence-electron chi connectivity index (χ1n) is 10.8. The average molecular weight is 393 g/mol. The molecule has 0 bridgehead atoms. The zero-order chi connectivity index (χ0) is 20.5. The molecule has 0 spiro atoms. The molecule has 4 heteroatoms. The van der Waals surface area contributed by atoms with E-state index in [0.717, 1.165) is 24.8 Å². The highest BCUT2D eigenvalue weighted by Crippen LogP contribution is 2.18. The first-order chi connectivity index (χ1) is 14.1. The normalized spacial score (nSPS) is 15.1. The van der Waals surface area contributed by atoms with Crippen molar-refractivity contribution in [2.24, 2.45) is 0 Å². The van der Waals surface area contributed by atoms with Gasteiger partial charge in [0.2, 0.25) is 11.8 Å². The van der Waals surface area contributed by atoms with E-state index >= 15 is 0 Å². The number of rotatable bonds is 9. The van der Waals surface area contributed by atoms with Gasteiger partial charge in [-0.1, -0.05) is 73.5 Å². The number of hydrogen-bond acceptors (Lipinski definition) is 2. The van der Waals surface area contributed by atoms with Crippen molar-refractivity contribution >= 4 is 11.8 Å². The number of carbonyl (C=O) groups excluding carboxylic acids is 2. The van der Waals surface area contributed by atoms with E-state index in [1.165, 1.54) is 18.4 Å². The fourth-order valence-corrected chi connectivity index (χ4v) is 4.00. The molecule has 0 unspecified atom stereocenters. The average Bonchev–Trinajstić information content (AvgIpc) is 3.26. The summed E-state index contributed by atoms with van der Waals surface area (Å²) in [5, 5.41) is 3.15. The maximum absolute atomic E-state index is 13.1. The molecule has 0 heterocycles. The van der Waals surface area contributed by atoms with E-state index in [0.29, 0.717) is 19.4 Å². The van der Waals surface area contributed by atoms with Crippen LogP contribution in [0.1, 0.15) is 50.2 Å². The quantitative estimate of drug-likeness (QED) is 0.697. The van der Waals surface area contributed by atoms with Gasteiger partial charge in [-0.2, -0.15) is 0 Å². The topological polar surface area (TPSA) is 49.4 Å². The third kappa shape index (κ3) is 6.45. The first kappa shape index (κ1) is 21.1. The third-order valence-electron chi connectivity index (χ3n) is 5.82. The fraction of sp³-hybridized carbons (Fsp3) is 0.440. The van der Waals surface area contributed by atoms with Gasteiger partial charge in [0.25, 0.3) is 0 Å². The second-order valence-corrected chi connectivity index (χ2v) is 7.97. The number of carbonyl (C=O) groups is 2. The molecule has 1 saturated carbocycles. The van der Waals surface area contributed by atoms with Crippen molar-refractivity contribution in [3.63, 3.8) is 0 Å². The summed E-state index contributed by atoms with van der Waals surface area (Å²) >= 11 is 0. The molecule has 29 heavy (non-hydrogen) atoms. The van der Waals surface area contributed by atoms with Crippen LogP contribution in [0.3, 0.4) is 0 Å². The number of aryl methyl sites for hydroxylation is 1. The highest BCUT2D eigenvalue weighted by molar-refractivity contribution is 5.87. The summed E-state index contributed by atoms with van der Waals surface area (Å²) in [5.74, 6) is 0.0110. The van der Waals surface area contributed by atoms with E-state index in [1.54, 1.807) is 4.90 Å². The molecule has 1 atom stereocenters. The van der Waals surface area contributed by atoms with Crippen LogP contribution in [0.15, 0.2) is 60.7 Å². The molecule has 2 aromatic carbocycles. The monoisotopic (exact) mass is 392 g/mol. The number of benzene rings is 2. The Labute approximate surface area is 174 Å². The lowest BCUT2D eigenvalue weighted by Gasteiger charge is -2.30. The molecule has 0 radical (unpaired) electrons. The van der Waals surface area contributed by atoms with Crippen LogP contribution in [0.4, 0.5) is 0 Å². The molecular weight excluding hydrogens is 360 g/mol. The summed E-state index contributed by atoms with van der Waals surface area (Å²) < 4.78 is 0. The van der Waals surface area contributed by atoms with Crippen molar-refractivity contribution in [3.8, 4) is 0 Å². The molecule has 2 aromatic rings. The minimum Gasteiger partial charge on any atom is -0.352 e. The van der Waals surface area contributed by atoms with E-state index in [-0.39, 0.29) is 17.9 Å². The molecule has 0 aromatic heterocycles. The van der Waals surface area contributed by atoms with Crippen molar-refractivity contribution in [2.45, 2.75) is 64.0 Å². The minimum atomic E-state index is -0.456. The number of amides is 2. The smallest absolute Gasteiger partial charge is 0.242 e. The Morgan fingerprint density at radius 1 is 0.931 bits per heavy atom. The van der Waals surface area contributed by atoms with Gasteiger partial charge in [-0.15, -0.1) is 0 Å². The van der Waals surface area contributed by atoms with Gasteiger partial charge in [0, 0.05) is 19.0 Å². The van der Waals surface area contributed by atoms with Crippen LogP contribution in [0.2, 0.25) is 0 Å². The van der Waals surface area contributed by atoms with Crippen LogP contribution in [0, 0.1) is 0 Å². The Bertz CT molecular complexity index is 770. The maximum Gasteiger partial charge on any atom is 0.242 e. The standard InChI is InChI=1S/C25H32N2O2/c1-20(25(29)26-23-14-8-9-15-23)27(19-18-22-12-6-3-7-13-22)24(28)17-16-21-10-4-2-5-11-21/h2-7,10-13,20,23H,8-9,14-19H2,1H3,(H,26,29)/t20-/m1/s1. The molecular formula is C25H32N2O2. The lowest BCUT2D eigenvalue weighted by atomic mass is 10.1. The van der Waals surface area contributed by atoms with Crippen molar-refractivity contribution < 1.29 is 9.59 Å². The van der Waals surface area contributed by atoms with Gasteiger partial charge < -0.3 is 10.2 Å². The molecule has 1 N–H and O–H groups in total. The molecule has 2 amide bonds. The fourth-order valence-electron chi connectivity index (χ4n) is 4.00. The van der Waals surface area contributed by atoms with E-state index in [4.69, 9.17) is 0 Å². The zero-order valence-corrected chi connectivity index (χ0v) is 17.3. The summed E-state index contributed by atoms with van der Waals surface area (Å²) in [6.45, 7) is 2.41. The van der Waals surface area contributed by atoms with Crippen LogP contribution in [-0.2, 0) is 22.4 Å². The summed E-state index contributed by atoms with van der Waals surface area (Å²) in [4.78, 5) is 27.7. The van der Waals surface area contributed by atoms with Crippen molar-refractivity contribution in [1.82, 2.24) is 10.2 Å². The van der Waals surface area contributed by atoms with Gasteiger partial charge in [-0.25, -0.2) is 0 Å². The van der Waals surface area contributed by atoms with Gasteiger partial charge in [0.1, 0.15) is 6.04 Å². The largest absolute Gasteiger partial charge is 0.352 e.